The third-order valence-corrected chi connectivity index (χ3v) is 3.55. The zero-order valence-corrected chi connectivity index (χ0v) is 11.4. The summed E-state index contributed by atoms with van der Waals surface area (Å²) in [6.45, 7) is 4.59. The van der Waals surface area contributed by atoms with Crippen molar-refractivity contribution in [3.8, 4) is 0 Å². The fourth-order valence-corrected chi connectivity index (χ4v) is 2.47. The SMILES string of the molecule is CCOC(=O)CCNc1sc(CC)cc1C(N)=O. The Bertz CT molecular complexity index is 429. The van der Waals surface area contributed by atoms with Crippen molar-refractivity contribution in [1.29, 1.82) is 0 Å². The monoisotopic (exact) mass is 270 g/mol. The summed E-state index contributed by atoms with van der Waals surface area (Å²) in [6, 6.07) is 1.79. The van der Waals surface area contributed by atoms with E-state index in [2.05, 4.69) is 5.32 Å². The van der Waals surface area contributed by atoms with Crippen LogP contribution in [0.4, 0.5) is 5.00 Å². The predicted molar refractivity (Wildman–Crippen MR) is 72.0 cm³/mol. The number of amides is 1. The summed E-state index contributed by atoms with van der Waals surface area (Å²) < 4.78 is 4.82. The molecule has 0 fully saturated rings. The molecule has 5 nitrogen and oxygen atoms in total. The van der Waals surface area contributed by atoms with E-state index in [0.29, 0.717) is 18.7 Å². The first-order chi connectivity index (χ1) is 8.58. The van der Waals surface area contributed by atoms with Gasteiger partial charge in [0.05, 0.1) is 18.6 Å². The van der Waals surface area contributed by atoms with E-state index in [1.165, 1.54) is 11.3 Å². The van der Waals surface area contributed by atoms with Crippen molar-refractivity contribution in [3.05, 3.63) is 16.5 Å². The van der Waals surface area contributed by atoms with Crippen LogP contribution in [0.2, 0.25) is 0 Å². The summed E-state index contributed by atoms with van der Waals surface area (Å²) in [6.07, 6.45) is 1.12. The molecule has 0 saturated carbocycles. The van der Waals surface area contributed by atoms with E-state index in [-0.39, 0.29) is 12.4 Å². The Kier molecular flexibility index (Phi) is 5.64. The summed E-state index contributed by atoms with van der Waals surface area (Å²) >= 11 is 1.49. The lowest BCUT2D eigenvalue weighted by molar-refractivity contribution is -0.142. The van der Waals surface area contributed by atoms with Gasteiger partial charge in [0.1, 0.15) is 5.00 Å². The smallest absolute Gasteiger partial charge is 0.307 e. The number of carbonyl (C=O) groups excluding carboxylic acids is 2. The van der Waals surface area contributed by atoms with Gasteiger partial charge in [-0.1, -0.05) is 6.92 Å². The van der Waals surface area contributed by atoms with Crippen molar-refractivity contribution in [2.24, 2.45) is 5.73 Å². The minimum absolute atomic E-state index is 0.252. The molecular formula is C12H18N2O3S. The number of carbonyl (C=O) groups is 2. The molecule has 0 radical (unpaired) electrons. The van der Waals surface area contributed by atoms with Crippen molar-refractivity contribution >= 4 is 28.2 Å². The number of rotatable bonds is 7. The Morgan fingerprint density at radius 3 is 2.72 bits per heavy atom. The lowest BCUT2D eigenvalue weighted by Crippen LogP contribution is -2.15. The first-order valence-electron chi connectivity index (χ1n) is 5.90. The lowest BCUT2D eigenvalue weighted by Gasteiger charge is -2.05. The van der Waals surface area contributed by atoms with Crippen LogP contribution in [0.15, 0.2) is 6.07 Å². The number of aryl methyl sites for hydroxylation is 1. The van der Waals surface area contributed by atoms with Crippen LogP contribution >= 0.6 is 11.3 Å². The molecular weight excluding hydrogens is 252 g/mol. The molecule has 0 unspecified atom stereocenters. The fraction of sp³-hybridized carbons (Fsp3) is 0.500. The second-order valence-electron chi connectivity index (χ2n) is 3.66. The van der Waals surface area contributed by atoms with Gasteiger partial charge in [0.2, 0.25) is 0 Å². The molecule has 0 aliphatic carbocycles. The average molecular weight is 270 g/mol. The van der Waals surface area contributed by atoms with Crippen LogP contribution in [-0.4, -0.2) is 25.0 Å². The van der Waals surface area contributed by atoms with Crippen molar-refractivity contribution in [1.82, 2.24) is 0 Å². The van der Waals surface area contributed by atoms with Gasteiger partial charge in [-0.3, -0.25) is 9.59 Å². The number of ether oxygens (including phenoxy) is 1. The second kappa shape index (κ2) is 7.00. The van der Waals surface area contributed by atoms with Crippen LogP contribution in [0.5, 0.6) is 0 Å². The summed E-state index contributed by atoms with van der Waals surface area (Å²) in [7, 11) is 0. The molecule has 1 aromatic rings. The molecule has 3 N–H and O–H groups in total. The lowest BCUT2D eigenvalue weighted by atomic mass is 10.2. The molecule has 0 atom stereocenters. The molecule has 100 valence electrons. The van der Waals surface area contributed by atoms with Crippen LogP contribution in [-0.2, 0) is 16.0 Å². The van der Waals surface area contributed by atoms with E-state index < -0.39 is 5.91 Å². The first-order valence-corrected chi connectivity index (χ1v) is 6.72. The molecule has 0 aliphatic heterocycles. The van der Waals surface area contributed by atoms with Crippen LogP contribution < -0.4 is 11.1 Å². The van der Waals surface area contributed by atoms with Crippen molar-refractivity contribution in [2.75, 3.05) is 18.5 Å². The molecule has 6 heteroatoms. The molecule has 1 heterocycles. The van der Waals surface area contributed by atoms with Crippen molar-refractivity contribution < 1.29 is 14.3 Å². The highest BCUT2D eigenvalue weighted by Gasteiger charge is 2.13. The van der Waals surface area contributed by atoms with Crippen LogP contribution in [0.25, 0.3) is 0 Å². The first kappa shape index (κ1) is 14.5. The number of nitrogens with one attached hydrogen (secondary N) is 1. The minimum atomic E-state index is -0.454. The Morgan fingerprint density at radius 2 is 2.17 bits per heavy atom. The second-order valence-corrected chi connectivity index (χ2v) is 4.79. The third-order valence-electron chi connectivity index (χ3n) is 2.32. The van der Waals surface area contributed by atoms with Gasteiger partial charge < -0.3 is 15.8 Å². The zero-order chi connectivity index (χ0) is 13.5. The number of esters is 1. The van der Waals surface area contributed by atoms with Gasteiger partial charge in [-0.25, -0.2) is 0 Å². The number of nitrogens with two attached hydrogens (primary N) is 1. The molecule has 18 heavy (non-hydrogen) atoms. The van der Waals surface area contributed by atoms with Gasteiger partial charge in [-0.15, -0.1) is 11.3 Å². The van der Waals surface area contributed by atoms with Gasteiger partial charge in [0, 0.05) is 11.4 Å². The molecule has 1 amide bonds. The maximum atomic E-state index is 11.2. The number of anilines is 1. The summed E-state index contributed by atoms with van der Waals surface area (Å²) in [5, 5.41) is 3.78. The highest BCUT2D eigenvalue weighted by Crippen LogP contribution is 2.28. The van der Waals surface area contributed by atoms with Gasteiger partial charge in [-0.2, -0.15) is 0 Å². The highest BCUT2D eigenvalue weighted by atomic mass is 32.1. The maximum absolute atomic E-state index is 11.2. The van der Waals surface area contributed by atoms with Crippen LogP contribution in [0.3, 0.4) is 0 Å². The Hall–Kier alpha value is -1.56. The molecule has 1 aromatic heterocycles. The van der Waals surface area contributed by atoms with E-state index in [9.17, 15) is 9.59 Å². The maximum Gasteiger partial charge on any atom is 0.307 e. The van der Waals surface area contributed by atoms with Crippen LogP contribution in [0.1, 0.15) is 35.5 Å². The Labute approximate surface area is 110 Å². The van der Waals surface area contributed by atoms with E-state index in [1.54, 1.807) is 13.0 Å². The number of primary amides is 1. The molecule has 0 spiro atoms. The minimum Gasteiger partial charge on any atom is -0.466 e. The van der Waals surface area contributed by atoms with Crippen molar-refractivity contribution in [2.45, 2.75) is 26.7 Å². The molecule has 0 bridgehead atoms. The molecule has 0 aliphatic rings. The van der Waals surface area contributed by atoms with E-state index >= 15 is 0 Å². The third kappa shape index (κ3) is 4.03. The van der Waals surface area contributed by atoms with E-state index in [0.717, 1.165) is 16.3 Å². The Balaban J connectivity index is 2.58. The van der Waals surface area contributed by atoms with Gasteiger partial charge >= 0.3 is 5.97 Å². The predicted octanol–water partition coefficient (Wildman–Crippen LogP) is 1.77. The Morgan fingerprint density at radius 1 is 1.44 bits per heavy atom. The summed E-state index contributed by atoms with van der Waals surface area (Å²) in [5.41, 5.74) is 5.78. The summed E-state index contributed by atoms with van der Waals surface area (Å²) in [4.78, 5) is 23.5. The van der Waals surface area contributed by atoms with E-state index in [4.69, 9.17) is 10.5 Å². The normalized spacial score (nSPS) is 10.1. The van der Waals surface area contributed by atoms with Gasteiger partial charge in [-0.05, 0) is 19.4 Å². The summed E-state index contributed by atoms with van der Waals surface area (Å²) in [5.74, 6) is -0.706. The zero-order valence-electron chi connectivity index (χ0n) is 10.6. The van der Waals surface area contributed by atoms with Crippen LogP contribution in [0, 0.1) is 0 Å². The standard InChI is InChI=1S/C12H18N2O3S/c1-3-8-7-9(11(13)16)12(18-8)14-6-5-10(15)17-4-2/h7,14H,3-6H2,1-2H3,(H2,13,16). The van der Waals surface area contributed by atoms with Crippen molar-refractivity contribution in [3.63, 3.8) is 0 Å². The molecule has 1 rings (SSSR count). The highest BCUT2D eigenvalue weighted by molar-refractivity contribution is 7.16. The molecule has 0 saturated heterocycles. The number of hydrogen-bond acceptors (Lipinski definition) is 5. The average Bonchev–Trinajstić information content (AvgIpc) is 2.73. The fourth-order valence-electron chi connectivity index (χ4n) is 1.44. The quantitative estimate of drug-likeness (QED) is 0.740. The van der Waals surface area contributed by atoms with Gasteiger partial charge in [0.15, 0.2) is 0 Å². The number of hydrogen-bond donors (Lipinski definition) is 2. The van der Waals surface area contributed by atoms with Gasteiger partial charge in [0.25, 0.3) is 5.91 Å². The largest absolute Gasteiger partial charge is 0.466 e. The number of thiophene rings is 1. The molecule has 0 aromatic carbocycles. The topological polar surface area (TPSA) is 81.4 Å². The van der Waals surface area contributed by atoms with E-state index in [1.807, 2.05) is 6.92 Å².